The number of nitrogens with one attached hydrogen (secondary N) is 1. The first-order chi connectivity index (χ1) is 5.54. The van der Waals surface area contributed by atoms with Crippen molar-refractivity contribution in [1.82, 2.24) is 0 Å². The van der Waals surface area contributed by atoms with E-state index >= 15 is 0 Å². The number of rotatable bonds is 1. The van der Waals surface area contributed by atoms with Crippen molar-refractivity contribution in [3.05, 3.63) is 27.7 Å². The highest BCUT2D eigenvalue weighted by atomic mass is 79.9. The van der Waals surface area contributed by atoms with E-state index in [1.54, 1.807) is 6.92 Å². The summed E-state index contributed by atoms with van der Waals surface area (Å²) < 4.78 is 0.856. The molecule has 12 heavy (non-hydrogen) atoms. The zero-order chi connectivity index (χ0) is 9.30. The molecule has 3 N–H and O–H groups in total. The summed E-state index contributed by atoms with van der Waals surface area (Å²) in [6.45, 7) is 3.70. The Morgan fingerprint density at radius 3 is 2.50 bits per heavy atom. The number of hydrogen-bond acceptors (Lipinski definition) is 2. The third-order valence-electron chi connectivity index (χ3n) is 1.78. The predicted molar refractivity (Wildman–Crippen MR) is 55.8 cm³/mol. The van der Waals surface area contributed by atoms with Gasteiger partial charge in [0.15, 0.2) is 0 Å². The van der Waals surface area contributed by atoms with Gasteiger partial charge in [0.25, 0.3) is 0 Å². The molecule has 0 fully saturated rings. The lowest BCUT2D eigenvalue weighted by atomic mass is 10.0. The fourth-order valence-corrected chi connectivity index (χ4v) is 1.53. The van der Waals surface area contributed by atoms with Crippen LogP contribution in [0.15, 0.2) is 16.6 Å². The van der Waals surface area contributed by atoms with Crippen LogP contribution in [0, 0.1) is 12.3 Å². The summed E-state index contributed by atoms with van der Waals surface area (Å²) in [4.78, 5) is 0. The molecule has 0 amide bonds. The van der Waals surface area contributed by atoms with Crippen LogP contribution >= 0.6 is 15.9 Å². The Morgan fingerprint density at radius 1 is 1.50 bits per heavy atom. The zero-order valence-electron chi connectivity index (χ0n) is 7.11. The first-order valence-corrected chi connectivity index (χ1v) is 4.43. The standard InChI is InChI=1S/C9H11BrN2/c1-5-3-4-7(10)9(12)8(5)6(2)11/h3-4,11H,12H2,1-2H3. The van der Waals surface area contributed by atoms with Gasteiger partial charge in [0, 0.05) is 15.7 Å². The predicted octanol–water partition coefficient (Wildman–Crippen LogP) is 2.73. The Balaban J connectivity index is 3.43. The molecule has 0 aliphatic heterocycles. The molecule has 0 aliphatic carbocycles. The van der Waals surface area contributed by atoms with Crippen molar-refractivity contribution < 1.29 is 0 Å². The van der Waals surface area contributed by atoms with Crippen molar-refractivity contribution >= 4 is 27.3 Å². The van der Waals surface area contributed by atoms with Crippen LogP contribution in [0.25, 0.3) is 0 Å². The van der Waals surface area contributed by atoms with Crippen LogP contribution in [0.2, 0.25) is 0 Å². The zero-order valence-corrected chi connectivity index (χ0v) is 8.70. The lowest BCUT2D eigenvalue weighted by Gasteiger charge is -2.08. The summed E-state index contributed by atoms with van der Waals surface area (Å²) >= 11 is 3.33. The van der Waals surface area contributed by atoms with Crippen molar-refractivity contribution in [2.45, 2.75) is 13.8 Å². The SMILES string of the molecule is CC(=N)c1c(C)ccc(Br)c1N. The molecule has 0 saturated heterocycles. The molecule has 1 aromatic carbocycles. The lowest BCUT2D eigenvalue weighted by molar-refractivity contribution is 1.38. The third kappa shape index (κ3) is 1.50. The molecular weight excluding hydrogens is 216 g/mol. The summed E-state index contributed by atoms with van der Waals surface area (Å²) in [5.74, 6) is 0. The minimum absolute atomic E-state index is 0.506. The molecule has 0 radical (unpaired) electrons. The van der Waals surface area contributed by atoms with Gasteiger partial charge in [0.2, 0.25) is 0 Å². The second kappa shape index (κ2) is 3.27. The summed E-state index contributed by atoms with van der Waals surface area (Å²) in [5.41, 5.74) is 8.84. The number of nitrogen functional groups attached to an aromatic ring is 1. The molecule has 64 valence electrons. The number of nitrogens with two attached hydrogens (primary N) is 1. The molecule has 2 nitrogen and oxygen atoms in total. The van der Waals surface area contributed by atoms with E-state index < -0.39 is 0 Å². The monoisotopic (exact) mass is 226 g/mol. The highest BCUT2D eigenvalue weighted by molar-refractivity contribution is 9.10. The Hall–Kier alpha value is -0.830. The second-order valence-corrected chi connectivity index (χ2v) is 3.63. The maximum Gasteiger partial charge on any atom is 0.0552 e. The topological polar surface area (TPSA) is 49.9 Å². The summed E-state index contributed by atoms with van der Waals surface area (Å²) in [6.07, 6.45) is 0. The van der Waals surface area contributed by atoms with Gasteiger partial charge in [-0.2, -0.15) is 0 Å². The number of anilines is 1. The maximum absolute atomic E-state index is 7.51. The van der Waals surface area contributed by atoms with Gasteiger partial charge < -0.3 is 11.1 Å². The molecule has 0 unspecified atom stereocenters. The normalized spacial score (nSPS) is 9.92. The van der Waals surface area contributed by atoms with Crippen LogP contribution in [0.4, 0.5) is 5.69 Å². The highest BCUT2D eigenvalue weighted by Crippen LogP contribution is 2.26. The molecular formula is C9H11BrN2. The van der Waals surface area contributed by atoms with Crippen molar-refractivity contribution in [1.29, 1.82) is 5.41 Å². The van der Waals surface area contributed by atoms with E-state index in [2.05, 4.69) is 15.9 Å². The molecule has 0 atom stereocenters. The molecule has 0 heterocycles. The second-order valence-electron chi connectivity index (χ2n) is 2.78. The van der Waals surface area contributed by atoms with Gasteiger partial charge in [-0.05, 0) is 41.4 Å². The van der Waals surface area contributed by atoms with E-state index in [9.17, 15) is 0 Å². The van der Waals surface area contributed by atoms with E-state index in [4.69, 9.17) is 11.1 Å². The van der Waals surface area contributed by atoms with Gasteiger partial charge in [0.05, 0.1) is 5.69 Å². The van der Waals surface area contributed by atoms with Crippen LogP contribution in [0.3, 0.4) is 0 Å². The number of aryl methyl sites for hydroxylation is 1. The van der Waals surface area contributed by atoms with Gasteiger partial charge in [0.1, 0.15) is 0 Å². The molecule has 0 aromatic heterocycles. The molecule has 0 spiro atoms. The number of hydrogen-bond donors (Lipinski definition) is 2. The Kier molecular flexibility index (Phi) is 2.52. The number of halogens is 1. The molecule has 1 aromatic rings. The number of benzene rings is 1. The van der Waals surface area contributed by atoms with Crippen molar-refractivity contribution in [2.24, 2.45) is 0 Å². The average Bonchev–Trinajstić information content (AvgIpc) is 1.97. The Bertz CT molecular complexity index is 332. The Morgan fingerprint density at radius 2 is 2.08 bits per heavy atom. The van der Waals surface area contributed by atoms with E-state index in [0.29, 0.717) is 11.4 Å². The van der Waals surface area contributed by atoms with Gasteiger partial charge in [-0.15, -0.1) is 0 Å². The minimum Gasteiger partial charge on any atom is -0.397 e. The average molecular weight is 227 g/mol. The maximum atomic E-state index is 7.51. The van der Waals surface area contributed by atoms with E-state index in [-0.39, 0.29) is 0 Å². The van der Waals surface area contributed by atoms with Crippen molar-refractivity contribution in [3.8, 4) is 0 Å². The largest absolute Gasteiger partial charge is 0.397 e. The molecule has 0 saturated carbocycles. The van der Waals surface area contributed by atoms with Crippen LogP contribution in [-0.4, -0.2) is 5.71 Å². The van der Waals surface area contributed by atoms with Gasteiger partial charge >= 0.3 is 0 Å². The van der Waals surface area contributed by atoms with Gasteiger partial charge in [-0.1, -0.05) is 6.07 Å². The summed E-state index contributed by atoms with van der Waals surface area (Å²) in [7, 11) is 0. The van der Waals surface area contributed by atoms with Crippen molar-refractivity contribution in [2.75, 3.05) is 5.73 Å². The van der Waals surface area contributed by atoms with Gasteiger partial charge in [-0.25, -0.2) is 0 Å². The van der Waals surface area contributed by atoms with Crippen LogP contribution < -0.4 is 5.73 Å². The van der Waals surface area contributed by atoms with Crippen LogP contribution in [0.1, 0.15) is 18.1 Å². The smallest absolute Gasteiger partial charge is 0.0552 e. The van der Waals surface area contributed by atoms with E-state index in [0.717, 1.165) is 15.6 Å². The van der Waals surface area contributed by atoms with Gasteiger partial charge in [-0.3, -0.25) is 0 Å². The van der Waals surface area contributed by atoms with E-state index in [1.807, 2.05) is 19.1 Å². The quantitative estimate of drug-likeness (QED) is 0.562. The summed E-state index contributed by atoms with van der Waals surface area (Å²) in [5, 5.41) is 7.51. The minimum atomic E-state index is 0.506. The summed E-state index contributed by atoms with van der Waals surface area (Å²) in [6, 6.07) is 3.85. The first kappa shape index (κ1) is 9.26. The molecule has 3 heteroatoms. The first-order valence-electron chi connectivity index (χ1n) is 3.64. The van der Waals surface area contributed by atoms with Crippen LogP contribution in [-0.2, 0) is 0 Å². The fraction of sp³-hybridized carbons (Fsp3) is 0.222. The lowest BCUT2D eigenvalue weighted by Crippen LogP contribution is -2.03. The molecule has 0 bridgehead atoms. The van der Waals surface area contributed by atoms with E-state index in [1.165, 1.54) is 0 Å². The Labute approximate surface area is 80.4 Å². The van der Waals surface area contributed by atoms with Crippen LogP contribution in [0.5, 0.6) is 0 Å². The fourth-order valence-electron chi connectivity index (χ4n) is 1.20. The highest BCUT2D eigenvalue weighted by Gasteiger charge is 2.07. The van der Waals surface area contributed by atoms with Crippen molar-refractivity contribution in [3.63, 3.8) is 0 Å². The molecule has 0 aliphatic rings. The molecule has 1 rings (SSSR count). The third-order valence-corrected chi connectivity index (χ3v) is 2.47.